The van der Waals surface area contributed by atoms with Crippen molar-refractivity contribution in [2.45, 2.75) is 157 Å². The molecular formula is C49H85N4O13P. The predicted octanol–water partition coefficient (Wildman–Crippen LogP) is 6.52. The topological polar surface area (TPSA) is 191 Å². The normalized spacial score (nSPS) is 18.2. The van der Waals surface area contributed by atoms with Crippen LogP contribution in [0, 0.1) is 0 Å². The van der Waals surface area contributed by atoms with Crippen molar-refractivity contribution in [2.75, 3.05) is 90.9 Å². The van der Waals surface area contributed by atoms with Gasteiger partial charge in [0.2, 0.25) is 7.37 Å². The second-order valence-electron chi connectivity index (χ2n) is 22.4. The lowest BCUT2D eigenvalue weighted by atomic mass is 10.0. The minimum Gasteiger partial charge on any atom is -0.494 e. The Hall–Kier alpha value is -3.60. The third-order valence-corrected chi connectivity index (χ3v) is 12.4. The molecule has 1 aliphatic heterocycles. The Kier molecular flexibility index (Phi) is 23.0. The van der Waals surface area contributed by atoms with E-state index >= 15 is 0 Å². The Bertz CT molecular complexity index is 1790. The number of benzene rings is 1. The maximum atomic E-state index is 13.7. The standard InChI is InChI=1S/C49H85N4O13P/c1-45(2,3)62-41(56)33-50-22-23-51(34-42(57)63-46(4,5)6)26-27-53(36-44(59)65-48(10,11)12)38(32-52(25-24-50)35-43(58)64-47(7,8)9)31-37-17-19-39(20-18-37)61-28-16-29-67(60,30-21-40(54)55)66-49(13,14)15/h17-20,38H,16,21-36H2,1-15H3,(H,54,55). The predicted molar refractivity (Wildman–Crippen MR) is 259 cm³/mol. The number of aliphatic carboxylic acids is 1. The molecule has 0 bridgehead atoms. The molecule has 0 spiro atoms. The van der Waals surface area contributed by atoms with E-state index in [2.05, 4.69) is 0 Å². The largest absolute Gasteiger partial charge is 0.494 e. The summed E-state index contributed by atoms with van der Waals surface area (Å²) in [6.45, 7) is 29.8. The Morgan fingerprint density at radius 2 is 0.970 bits per heavy atom. The number of carbonyl (C=O) groups is 5. The van der Waals surface area contributed by atoms with Gasteiger partial charge in [-0.25, -0.2) is 0 Å². The van der Waals surface area contributed by atoms with Crippen molar-refractivity contribution in [1.82, 2.24) is 19.6 Å². The number of carboxylic acids is 1. The van der Waals surface area contributed by atoms with Gasteiger partial charge in [0.1, 0.15) is 28.2 Å². The number of carbonyl (C=O) groups excluding carboxylic acids is 4. The average molecular weight is 969 g/mol. The summed E-state index contributed by atoms with van der Waals surface area (Å²) in [6.07, 6.45) is 0.713. The van der Waals surface area contributed by atoms with E-state index in [1.165, 1.54) is 0 Å². The first-order valence-corrected chi connectivity index (χ1v) is 25.6. The molecule has 0 aliphatic carbocycles. The van der Waals surface area contributed by atoms with Crippen LogP contribution in [-0.4, -0.2) is 180 Å². The zero-order valence-corrected chi connectivity index (χ0v) is 44.4. The van der Waals surface area contributed by atoms with E-state index < -0.39 is 65.2 Å². The molecule has 1 N–H and O–H groups in total. The first kappa shape index (κ1) is 59.5. The van der Waals surface area contributed by atoms with E-state index in [-0.39, 0.29) is 57.6 Å². The number of carboxylic acid groups (broad SMARTS) is 1. The van der Waals surface area contributed by atoms with Crippen LogP contribution in [0.1, 0.15) is 122 Å². The van der Waals surface area contributed by atoms with Gasteiger partial charge in [0.25, 0.3) is 0 Å². The van der Waals surface area contributed by atoms with Gasteiger partial charge in [-0.1, -0.05) is 12.1 Å². The lowest BCUT2D eigenvalue weighted by Gasteiger charge is -2.39. The summed E-state index contributed by atoms with van der Waals surface area (Å²) < 4.78 is 48.6. The lowest BCUT2D eigenvalue weighted by Crippen LogP contribution is -2.54. The van der Waals surface area contributed by atoms with Gasteiger partial charge in [-0.3, -0.25) is 48.1 Å². The molecule has 2 rings (SSSR count). The molecule has 384 valence electrons. The maximum Gasteiger partial charge on any atom is 0.320 e. The smallest absolute Gasteiger partial charge is 0.320 e. The number of rotatable bonds is 19. The van der Waals surface area contributed by atoms with Gasteiger partial charge in [-0.15, -0.1) is 0 Å². The summed E-state index contributed by atoms with van der Waals surface area (Å²) in [6, 6.07) is 7.19. The monoisotopic (exact) mass is 969 g/mol. The van der Waals surface area contributed by atoms with Gasteiger partial charge < -0.3 is 33.3 Å². The zero-order valence-electron chi connectivity index (χ0n) is 43.5. The lowest BCUT2D eigenvalue weighted by molar-refractivity contribution is -0.160. The van der Waals surface area contributed by atoms with Gasteiger partial charge in [0, 0.05) is 64.2 Å². The zero-order chi connectivity index (χ0) is 51.0. The molecule has 2 atom stereocenters. The van der Waals surface area contributed by atoms with E-state index in [0.29, 0.717) is 64.4 Å². The molecule has 2 unspecified atom stereocenters. The molecule has 1 aromatic carbocycles. The number of nitrogens with zero attached hydrogens (tertiary/aromatic N) is 4. The van der Waals surface area contributed by atoms with E-state index in [1.54, 1.807) is 20.8 Å². The van der Waals surface area contributed by atoms with Crippen LogP contribution >= 0.6 is 7.37 Å². The van der Waals surface area contributed by atoms with Crippen molar-refractivity contribution in [3.63, 3.8) is 0 Å². The number of esters is 4. The Balaban J connectivity index is 2.56. The van der Waals surface area contributed by atoms with Crippen LogP contribution in [-0.2, 0) is 58.4 Å². The SMILES string of the molecule is CC(C)(C)OC(=O)CN1CCN(CC(=O)OC(C)(C)C)CCN(CC(=O)OC(C)(C)C)C(Cc2ccc(OCCCP(=O)(CCC(=O)O)OC(C)(C)C)cc2)CN(CC(=O)OC(C)(C)C)CC1. The summed E-state index contributed by atoms with van der Waals surface area (Å²) in [5.41, 5.74) is -2.64. The molecule has 67 heavy (non-hydrogen) atoms. The molecule has 1 fully saturated rings. The summed E-state index contributed by atoms with van der Waals surface area (Å²) >= 11 is 0. The molecule has 0 saturated carbocycles. The van der Waals surface area contributed by atoms with Gasteiger partial charge in [0.15, 0.2) is 0 Å². The van der Waals surface area contributed by atoms with Gasteiger partial charge >= 0.3 is 29.8 Å². The van der Waals surface area contributed by atoms with Gasteiger partial charge in [-0.05, 0) is 134 Å². The van der Waals surface area contributed by atoms with Crippen LogP contribution in [0.25, 0.3) is 0 Å². The third kappa shape index (κ3) is 28.5. The molecular weight excluding hydrogens is 884 g/mol. The minimum atomic E-state index is -3.23. The van der Waals surface area contributed by atoms with E-state index in [1.807, 2.05) is 127 Å². The first-order valence-electron chi connectivity index (χ1n) is 23.6. The first-order chi connectivity index (χ1) is 30.6. The van der Waals surface area contributed by atoms with Crippen LogP contribution in [0.5, 0.6) is 5.75 Å². The van der Waals surface area contributed by atoms with Crippen molar-refractivity contribution in [3.8, 4) is 5.75 Å². The maximum absolute atomic E-state index is 13.7. The molecule has 0 aromatic heterocycles. The highest BCUT2D eigenvalue weighted by molar-refractivity contribution is 7.59. The van der Waals surface area contributed by atoms with E-state index in [0.717, 1.165) is 5.56 Å². The molecule has 17 nitrogen and oxygen atoms in total. The Morgan fingerprint density at radius 3 is 1.39 bits per heavy atom. The van der Waals surface area contributed by atoms with E-state index in [9.17, 15) is 33.6 Å². The Morgan fingerprint density at radius 1 is 0.567 bits per heavy atom. The van der Waals surface area contributed by atoms with Crippen molar-refractivity contribution < 1.29 is 61.9 Å². The molecule has 1 aromatic rings. The van der Waals surface area contributed by atoms with Crippen molar-refractivity contribution >= 4 is 37.2 Å². The number of ether oxygens (including phenoxy) is 5. The summed E-state index contributed by atoms with van der Waals surface area (Å²) in [5, 5.41) is 9.23. The second kappa shape index (κ2) is 25.8. The second-order valence-corrected chi connectivity index (χ2v) is 25.1. The fourth-order valence-corrected chi connectivity index (χ4v) is 9.82. The summed E-state index contributed by atoms with van der Waals surface area (Å²) in [5.74, 6) is -2.07. The molecule has 1 saturated heterocycles. The third-order valence-electron chi connectivity index (χ3n) is 9.64. The molecule has 18 heteroatoms. The average Bonchev–Trinajstić information content (AvgIpc) is 3.11. The van der Waals surface area contributed by atoms with Crippen molar-refractivity contribution in [3.05, 3.63) is 29.8 Å². The van der Waals surface area contributed by atoms with Crippen LogP contribution in [0.2, 0.25) is 0 Å². The number of hydrogen-bond donors (Lipinski definition) is 1. The summed E-state index contributed by atoms with van der Waals surface area (Å²) in [7, 11) is -3.23. The van der Waals surface area contributed by atoms with Crippen LogP contribution in [0.15, 0.2) is 24.3 Å². The van der Waals surface area contributed by atoms with Gasteiger partial charge in [-0.2, -0.15) is 0 Å². The fraction of sp³-hybridized carbons (Fsp3) is 0.776. The Labute approximate surface area is 401 Å². The fourth-order valence-electron chi connectivity index (χ4n) is 7.27. The molecule has 1 aliphatic rings. The van der Waals surface area contributed by atoms with Crippen LogP contribution < -0.4 is 4.74 Å². The highest BCUT2D eigenvalue weighted by atomic mass is 31.2. The minimum absolute atomic E-state index is 0.00479. The van der Waals surface area contributed by atoms with Crippen LogP contribution in [0.3, 0.4) is 0 Å². The molecule has 0 amide bonds. The highest BCUT2D eigenvalue weighted by Crippen LogP contribution is 2.51. The van der Waals surface area contributed by atoms with E-state index in [4.69, 9.17) is 28.2 Å². The summed E-state index contributed by atoms with van der Waals surface area (Å²) in [4.78, 5) is 73.0. The van der Waals surface area contributed by atoms with Gasteiger partial charge in [0.05, 0.1) is 44.8 Å². The molecule has 0 radical (unpaired) electrons. The van der Waals surface area contributed by atoms with Crippen LogP contribution in [0.4, 0.5) is 0 Å². The highest BCUT2D eigenvalue weighted by Gasteiger charge is 2.32. The molecule has 1 heterocycles. The van der Waals surface area contributed by atoms with Crippen molar-refractivity contribution in [1.29, 1.82) is 0 Å². The number of hydrogen-bond acceptors (Lipinski definition) is 16. The van der Waals surface area contributed by atoms with Crippen molar-refractivity contribution in [2.24, 2.45) is 0 Å². The quantitative estimate of drug-likeness (QED) is 0.0681.